The maximum Gasteiger partial charge on any atom is 0.251 e. The Balaban J connectivity index is 1.41. The molecule has 0 saturated carbocycles. The van der Waals surface area contributed by atoms with E-state index in [0.29, 0.717) is 39.1 Å². The molecule has 0 aliphatic rings. The summed E-state index contributed by atoms with van der Waals surface area (Å²) < 4.78 is 16.7. The first-order chi connectivity index (χ1) is 19.4. The van der Waals surface area contributed by atoms with E-state index in [9.17, 15) is 9.18 Å². The number of H-pyrrole nitrogens is 1. The first-order valence-corrected chi connectivity index (χ1v) is 13.0. The van der Waals surface area contributed by atoms with Crippen LogP contribution < -0.4 is 5.56 Å². The predicted molar refractivity (Wildman–Crippen MR) is 151 cm³/mol. The summed E-state index contributed by atoms with van der Waals surface area (Å²) in [6, 6.07) is 21.8. The molecule has 0 radical (unpaired) electrons. The number of hydrogen-bond donors (Lipinski definition) is 1. The van der Waals surface area contributed by atoms with Gasteiger partial charge in [0.05, 0.1) is 23.6 Å². The SMILES string of the molecule is O=c1cc(-c2cc(Cl)ccc2-n2cnnn2)ccn1[C@H](Cc1ccc(F)cc1)c1ncc(-c2ccc(Cl)cc2)[nH]1. The summed E-state index contributed by atoms with van der Waals surface area (Å²) in [6.07, 6.45) is 5.32. The molecule has 1 atom stereocenters. The largest absolute Gasteiger partial charge is 0.340 e. The van der Waals surface area contributed by atoms with Crippen molar-refractivity contribution in [1.29, 1.82) is 0 Å². The molecule has 0 unspecified atom stereocenters. The second kappa shape index (κ2) is 10.9. The summed E-state index contributed by atoms with van der Waals surface area (Å²) in [4.78, 5) is 21.6. The van der Waals surface area contributed by atoms with Crippen LogP contribution in [0.15, 0.2) is 102 Å². The zero-order valence-electron chi connectivity index (χ0n) is 20.7. The third-order valence-corrected chi connectivity index (χ3v) is 7.05. The molecule has 0 fully saturated rings. The van der Waals surface area contributed by atoms with Crippen molar-refractivity contribution in [2.24, 2.45) is 0 Å². The molecule has 0 bridgehead atoms. The Hall–Kier alpha value is -4.60. The summed E-state index contributed by atoms with van der Waals surface area (Å²) in [5.41, 5.74) is 4.30. The van der Waals surface area contributed by atoms with Gasteiger partial charge in [-0.2, -0.15) is 4.68 Å². The quantitative estimate of drug-likeness (QED) is 0.247. The third-order valence-electron chi connectivity index (χ3n) is 6.56. The van der Waals surface area contributed by atoms with Crippen LogP contribution in [0.5, 0.6) is 0 Å². The van der Waals surface area contributed by atoms with E-state index in [2.05, 4.69) is 25.5 Å². The minimum Gasteiger partial charge on any atom is -0.340 e. The van der Waals surface area contributed by atoms with Gasteiger partial charge >= 0.3 is 0 Å². The Morgan fingerprint density at radius 3 is 2.40 bits per heavy atom. The normalized spacial score (nSPS) is 12.0. The number of nitrogens with one attached hydrogen (secondary N) is 1. The minimum atomic E-state index is -0.494. The fourth-order valence-electron chi connectivity index (χ4n) is 4.58. The van der Waals surface area contributed by atoms with Gasteiger partial charge in [0, 0.05) is 34.3 Å². The van der Waals surface area contributed by atoms with Crippen LogP contribution in [-0.4, -0.2) is 34.7 Å². The number of halogens is 3. The predicted octanol–water partition coefficient (Wildman–Crippen LogP) is 6.16. The van der Waals surface area contributed by atoms with Crippen LogP contribution in [0.4, 0.5) is 4.39 Å². The molecule has 6 rings (SSSR count). The van der Waals surface area contributed by atoms with Gasteiger partial charge in [-0.3, -0.25) is 4.79 Å². The van der Waals surface area contributed by atoms with Crippen molar-refractivity contribution in [3.8, 4) is 28.1 Å². The molecule has 3 aromatic heterocycles. The Bertz CT molecular complexity index is 1830. The number of nitrogens with zero attached hydrogens (tertiary/aromatic N) is 6. The zero-order chi connectivity index (χ0) is 27.6. The van der Waals surface area contributed by atoms with E-state index < -0.39 is 6.04 Å². The van der Waals surface area contributed by atoms with Gasteiger partial charge in [0.15, 0.2) is 0 Å². The van der Waals surface area contributed by atoms with E-state index in [1.54, 1.807) is 65.5 Å². The van der Waals surface area contributed by atoms with Crippen LogP contribution in [0.1, 0.15) is 17.4 Å². The number of imidazole rings is 1. The van der Waals surface area contributed by atoms with Crippen molar-refractivity contribution in [3.63, 3.8) is 0 Å². The average molecular weight is 572 g/mol. The Morgan fingerprint density at radius 2 is 1.68 bits per heavy atom. The Kier molecular flexibility index (Phi) is 6.98. The number of benzene rings is 3. The van der Waals surface area contributed by atoms with Crippen molar-refractivity contribution in [3.05, 3.63) is 135 Å². The van der Waals surface area contributed by atoms with Crippen molar-refractivity contribution < 1.29 is 4.39 Å². The summed E-state index contributed by atoms with van der Waals surface area (Å²) in [5.74, 6) is 0.256. The number of rotatable bonds is 7. The van der Waals surface area contributed by atoms with E-state index in [-0.39, 0.29) is 11.4 Å². The lowest BCUT2D eigenvalue weighted by molar-refractivity contribution is 0.536. The maximum atomic E-state index is 13.6. The molecule has 3 heterocycles. The molecule has 3 aromatic carbocycles. The molecule has 0 saturated heterocycles. The standard InChI is InChI=1S/C29H20Cl2FN7O/c30-21-5-3-19(4-6-21)25-16-33-29(35-25)27(13-18-1-8-23(32)9-2-18)38-12-11-20(14-28(38)40)24-15-22(31)7-10-26(24)39-17-34-36-37-39/h1-12,14-17,27H,13H2,(H,33,35)/t27-/m1/s1. The molecule has 0 aliphatic heterocycles. The van der Waals surface area contributed by atoms with Gasteiger partial charge in [0.1, 0.15) is 18.0 Å². The highest BCUT2D eigenvalue weighted by molar-refractivity contribution is 6.31. The topological polar surface area (TPSA) is 94.3 Å². The van der Waals surface area contributed by atoms with E-state index in [1.807, 2.05) is 18.2 Å². The zero-order valence-corrected chi connectivity index (χ0v) is 22.3. The van der Waals surface area contributed by atoms with Crippen molar-refractivity contribution in [2.45, 2.75) is 12.5 Å². The van der Waals surface area contributed by atoms with Gasteiger partial charge < -0.3 is 9.55 Å². The molecule has 0 spiro atoms. The number of tetrazole rings is 1. The van der Waals surface area contributed by atoms with Crippen LogP contribution >= 0.6 is 23.2 Å². The van der Waals surface area contributed by atoms with E-state index >= 15 is 0 Å². The Morgan fingerprint density at radius 1 is 0.900 bits per heavy atom. The molecule has 8 nitrogen and oxygen atoms in total. The molecule has 198 valence electrons. The highest BCUT2D eigenvalue weighted by Gasteiger charge is 2.21. The van der Waals surface area contributed by atoms with Gasteiger partial charge in [-0.05, 0) is 75.6 Å². The van der Waals surface area contributed by atoms with Gasteiger partial charge in [0.25, 0.3) is 5.56 Å². The molecule has 11 heteroatoms. The summed E-state index contributed by atoms with van der Waals surface area (Å²) >= 11 is 12.4. The first kappa shape index (κ1) is 25.7. The highest BCUT2D eigenvalue weighted by atomic mass is 35.5. The molecule has 0 amide bonds. The van der Waals surface area contributed by atoms with Crippen LogP contribution in [0.25, 0.3) is 28.1 Å². The third kappa shape index (κ3) is 5.29. The first-order valence-electron chi connectivity index (χ1n) is 12.3. The maximum absolute atomic E-state index is 13.6. The lowest BCUT2D eigenvalue weighted by atomic mass is 10.0. The van der Waals surface area contributed by atoms with Gasteiger partial charge in [-0.1, -0.05) is 47.5 Å². The minimum absolute atomic E-state index is 0.253. The lowest BCUT2D eigenvalue weighted by Gasteiger charge is -2.19. The van der Waals surface area contributed by atoms with Crippen LogP contribution in [0, 0.1) is 5.82 Å². The monoisotopic (exact) mass is 571 g/mol. The van der Waals surface area contributed by atoms with Gasteiger partial charge in [-0.25, -0.2) is 9.37 Å². The van der Waals surface area contributed by atoms with Crippen LogP contribution in [0.2, 0.25) is 10.0 Å². The smallest absolute Gasteiger partial charge is 0.251 e. The van der Waals surface area contributed by atoms with Crippen LogP contribution in [-0.2, 0) is 6.42 Å². The number of pyridine rings is 1. The van der Waals surface area contributed by atoms with Crippen molar-refractivity contribution in [1.82, 2.24) is 34.7 Å². The average Bonchev–Trinajstić information content (AvgIpc) is 3.67. The van der Waals surface area contributed by atoms with Gasteiger partial charge in [-0.15, -0.1) is 5.10 Å². The van der Waals surface area contributed by atoms with E-state index in [4.69, 9.17) is 23.2 Å². The van der Waals surface area contributed by atoms with E-state index in [1.165, 1.54) is 23.1 Å². The summed E-state index contributed by atoms with van der Waals surface area (Å²) in [7, 11) is 0. The lowest BCUT2D eigenvalue weighted by Crippen LogP contribution is -2.27. The second-order valence-corrected chi connectivity index (χ2v) is 9.99. The fraction of sp³-hybridized carbons (Fsp3) is 0.0690. The Labute approximate surface area is 237 Å². The van der Waals surface area contributed by atoms with Crippen LogP contribution in [0.3, 0.4) is 0 Å². The highest BCUT2D eigenvalue weighted by Crippen LogP contribution is 2.30. The number of hydrogen-bond acceptors (Lipinski definition) is 5. The summed E-state index contributed by atoms with van der Waals surface area (Å²) in [5, 5.41) is 12.5. The molecule has 40 heavy (non-hydrogen) atoms. The molecule has 6 aromatic rings. The number of aromatic amines is 1. The molecule has 1 N–H and O–H groups in total. The molecular weight excluding hydrogens is 552 g/mol. The molecule has 0 aliphatic carbocycles. The fourth-order valence-corrected chi connectivity index (χ4v) is 4.88. The van der Waals surface area contributed by atoms with E-state index in [0.717, 1.165) is 16.8 Å². The van der Waals surface area contributed by atoms with Crippen molar-refractivity contribution >= 4 is 23.2 Å². The molecular formula is C29H20Cl2FN7O. The summed E-state index contributed by atoms with van der Waals surface area (Å²) in [6.45, 7) is 0. The van der Waals surface area contributed by atoms with Gasteiger partial charge in [0.2, 0.25) is 0 Å². The van der Waals surface area contributed by atoms with Crippen molar-refractivity contribution in [2.75, 3.05) is 0 Å². The second-order valence-electron chi connectivity index (χ2n) is 9.11. The number of aromatic nitrogens is 7.